The van der Waals surface area contributed by atoms with Gasteiger partial charge in [0.1, 0.15) is 23.1 Å². The number of benzene rings is 2. The summed E-state index contributed by atoms with van der Waals surface area (Å²) < 4.78 is 27.0. The van der Waals surface area contributed by atoms with E-state index in [1.165, 1.54) is 60.7 Å². The molecule has 0 aromatic heterocycles. The van der Waals surface area contributed by atoms with Gasteiger partial charge in [-0.1, -0.05) is 12.8 Å². The molecule has 4 rings (SSSR count). The van der Waals surface area contributed by atoms with E-state index in [-0.39, 0.29) is 106 Å². The molecular formula is C34H36N2O10S. The second kappa shape index (κ2) is 15.6. The second-order valence-corrected chi connectivity index (χ2v) is 13.4. The molecule has 2 aliphatic rings. The third-order valence-corrected chi connectivity index (χ3v) is 9.72. The maximum absolute atomic E-state index is 13.5. The van der Waals surface area contributed by atoms with Crippen molar-refractivity contribution in [3.8, 4) is 11.5 Å². The molecule has 2 aromatic carbocycles. The zero-order valence-corrected chi connectivity index (χ0v) is 26.5. The lowest BCUT2D eigenvalue weighted by Gasteiger charge is -2.13. The number of amides is 4. The van der Waals surface area contributed by atoms with Crippen molar-refractivity contribution < 1.29 is 47.4 Å². The van der Waals surface area contributed by atoms with E-state index in [2.05, 4.69) is 0 Å². The van der Waals surface area contributed by atoms with Gasteiger partial charge in [-0.2, -0.15) is 0 Å². The highest BCUT2D eigenvalue weighted by atomic mass is 32.2. The fourth-order valence-electron chi connectivity index (χ4n) is 5.32. The van der Waals surface area contributed by atoms with Crippen LogP contribution in [0.25, 0.3) is 0 Å². The van der Waals surface area contributed by atoms with Gasteiger partial charge in [0.25, 0.3) is 23.6 Å². The Hall–Kier alpha value is -4.91. The molecule has 0 spiro atoms. The quantitative estimate of drug-likeness (QED) is 0.177. The van der Waals surface area contributed by atoms with Gasteiger partial charge in [-0.25, -0.2) is 8.42 Å². The minimum Gasteiger partial charge on any atom is -0.508 e. The topological polar surface area (TPSA) is 184 Å². The van der Waals surface area contributed by atoms with Crippen molar-refractivity contribution >= 4 is 45.0 Å². The van der Waals surface area contributed by atoms with Gasteiger partial charge in [0.05, 0.1) is 9.79 Å². The SMILES string of the molecule is O=C(CCCCCN1C(=O)C=CC1=O)Cc1cc(S(=O)(=O)c2ccc(O)c(CC(=O)CCCCCN3C(=O)C=CC3=O)c2)ccc1O. The molecule has 0 fully saturated rings. The highest BCUT2D eigenvalue weighted by Gasteiger charge is 2.24. The molecule has 47 heavy (non-hydrogen) atoms. The fraction of sp³-hybridized carbons (Fsp3) is 0.353. The number of ketones is 2. The minimum atomic E-state index is -4.15. The summed E-state index contributed by atoms with van der Waals surface area (Å²) in [6, 6.07) is 7.29. The minimum absolute atomic E-state index is 0.138. The van der Waals surface area contributed by atoms with E-state index < -0.39 is 9.84 Å². The first-order chi connectivity index (χ1) is 22.4. The van der Waals surface area contributed by atoms with Gasteiger partial charge < -0.3 is 10.2 Å². The first-order valence-corrected chi connectivity index (χ1v) is 16.8. The standard InChI is InChI=1S/C34H36N2O10S/c37-25(7-3-1-5-17-35-31(41)13-14-32(35)42)19-23-21-27(9-11-29(23)39)47(45,46)28-10-12-30(40)24(22-28)20-26(38)8-4-2-6-18-36-33(43)15-16-34(36)44/h9-16,21-22,39-40H,1-8,17-20H2. The van der Waals surface area contributed by atoms with E-state index in [0.29, 0.717) is 38.5 Å². The summed E-state index contributed by atoms with van der Waals surface area (Å²) in [7, 11) is -4.15. The third kappa shape index (κ3) is 9.09. The van der Waals surface area contributed by atoms with Crippen LogP contribution in [0.5, 0.6) is 11.5 Å². The molecule has 2 heterocycles. The Kier molecular flexibility index (Phi) is 11.6. The Labute approximate surface area is 272 Å². The number of hydrogen-bond acceptors (Lipinski definition) is 10. The lowest BCUT2D eigenvalue weighted by atomic mass is 10.0. The van der Waals surface area contributed by atoms with Crippen LogP contribution in [-0.4, -0.2) is 76.7 Å². The van der Waals surface area contributed by atoms with Crippen molar-refractivity contribution in [1.82, 2.24) is 9.80 Å². The van der Waals surface area contributed by atoms with Crippen molar-refractivity contribution in [3.63, 3.8) is 0 Å². The molecule has 0 radical (unpaired) electrons. The fourth-order valence-corrected chi connectivity index (χ4v) is 6.68. The van der Waals surface area contributed by atoms with Crippen LogP contribution in [-0.2, 0) is 51.4 Å². The van der Waals surface area contributed by atoms with Crippen molar-refractivity contribution in [3.05, 3.63) is 71.8 Å². The van der Waals surface area contributed by atoms with E-state index in [1.54, 1.807) is 0 Å². The maximum Gasteiger partial charge on any atom is 0.253 e. The molecule has 2 N–H and O–H groups in total. The molecule has 12 nitrogen and oxygen atoms in total. The van der Waals surface area contributed by atoms with Gasteiger partial charge in [-0.05, 0) is 62.1 Å². The number of phenolic OH excluding ortho intramolecular Hbond substituents is 2. The summed E-state index contributed by atoms with van der Waals surface area (Å²) in [6.07, 6.45) is 8.05. The van der Waals surface area contributed by atoms with Gasteiger partial charge in [0.15, 0.2) is 0 Å². The number of hydrogen-bond donors (Lipinski definition) is 2. The average molecular weight is 665 g/mol. The lowest BCUT2D eigenvalue weighted by molar-refractivity contribution is -0.138. The summed E-state index contributed by atoms with van der Waals surface area (Å²) >= 11 is 0. The molecule has 0 saturated carbocycles. The zero-order valence-electron chi connectivity index (χ0n) is 25.7. The second-order valence-electron chi connectivity index (χ2n) is 11.5. The third-order valence-electron chi connectivity index (χ3n) is 7.97. The van der Waals surface area contributed by atoms with E-state index in [4.69, 9.17) is 0 Å². The first kappa shape index (κ1) is 35.0. The van der Waals surface area contributed by atoms with Gasteiger partial charge in [-0.3, -0.25) is 38.6 Å². The molecule has 0 unspecified atom stereocenters. The Morgan fingerprint density at radius 2 is 0.915 bits per heavy atom. The number of unbranched alkanes of at least 4 members (excludes halogenated alkanes) is 4. The largest absolute Gasteiger partial charge is 0.508 e. The van der Waals surface area contributed by atoms with Crippen molar-refractivity contribution in [2.75, 3.05) is 13.1 Å². The number of carbonyl (C=O) groups is 6. The highest BCUT2D eigenvalue weighted by molar-refractivity contribution is 7.91. The Morgan fingerprint density at radius 3 is 1.28 bits per heavy atom. The first-order valence-electron chi connectivity index (χ1n) is 15.4. The number of Topliss-reactive ketones (excluding diaryl/α,β-unsaturated/α-hetero) is 2. The molecular weight excluding hydrogens is 628 g/mol. The number of imide groups is 2. The van der Waals surface area contributed by atoms with Crippen LogP contribution in [0.15, 0.2) is 70.5 Å². The number of nitrogens with zero attached hydrogens (tertiary/aromatic N) is 2. The molecule has 13 heteroatoms. The molecule has 2 aromatic rings. The van der Waals surface area contributed by atoms with Crippen LogP contribution < -0.4 is 0 Å². The Bertz CT molecular complexity index is 1600. The summed E-state index contributed by atoms with van der Waals surface area (Å²) in [4.78, 5) is 73.6. The van der Waals surface area contributed by atoms with Crippen LogP contribution in [0.1, 0.15) is 62.5 Å². The van der Waals surface area contributed by atoms with Crippen molar-refractivity contribution in [2.24, 2.45) is 0 Å². The van der Waals surface area contributed by atoms with Gasteiger partial charge >= 0.3 is 0 Å². The number of sulfone groups is 1. The van der Waals surface area contributed by atoms with E-state index in [1.807, 2.05) is 0 Å². The lowest BCUT2D eigenvalue weighted by Crippen LogP contribution is -2.30. The van der Waals surface area contributed by atoms with Crippen LogP contribution in [0.4, 0.5) is 0 Å². The van der Waals surface area contributed by atoms with Crippen molar-refractivity contribution in [2.45, 2.75) is 74.0 Å². The predicted molar refractivity (Wildman–Crippen MR) is 168 cm³/mol. The highest BCUT2D eigenvalue weighted by Crippen LogP contribution is 2.30. The molecule has 0 bridgehead atoms. The van der Waals surface area contributed by atoms with Crippen LogP contribution >= 0.6 is 0 Å². The number of phenols is 2. The van der Waals surface area contributed by atoms with Crippen LogP contribution in [0.2, 0.25) is 0 Å². The van der Waals surface area contributed by atoms with E-state index >= 15 is 0 Å². The molecule has 0 aliphatic carbocycles. The molecule has 0 atom stereocenters. The maximum atomic E-state index is 13.5. The molecule has 248 valence electrons. The molecule has 4 amide bonds. The van der Waals surface area contributed by atoms with Gasteiger partial charge in [0, 0.05) is 74.2 Å². The summed E-state index contributed by atoms with van der Waals surface area (Å²) in [5.74, 6) is -2.33. The van der Waals surface area contributed by atoms with Crippen LogP contribution in [0.3, 0.4) is 0 Å². The number of rotatable bonds is 18. The summed E-state index contributed by atoms with van der Waals surface area (Å²) in [6.45, 7) is 0.524. The zero-order chi connectivity index (χ0) is 34.1. The molecule has 2 aliphatic heterocycles. The Balaban J connectivity index is 1.29. The number of carbonyl (C=O) groups excluding carboxylic acids is 6. The number of aromatic hydroxyl groups is 2. The van der Waals surface area contributed by atoms with E-state index in [9.17, 15) is 47.4 Å². The van der Waals surface area contributed by atoms with E-state index in [0.717, 1.165) is 9.80 Å². The van der Waals surface area contributed by atoms with Crippen LogP contribution in [0, 0.1) is 0 Å². The van der Waals surface area contributed by atoms with Gasteiger partial charge in [-0.15, -0.1) is 0 Å². The van der Waals surface area contributed by atoms with Crippen molar-refractivity contribution in [1.29, 1.82) is 0 Å². The summed E-state index contributed by atoms with van der Waals surface area (Å²) in [5, 5.41) is 20.7. The normalized spacial score (nSPS) is 14.6. The summed E-state index contributed by atoms with van der Waals surface area (Å²) in [5.41, 5.74) is 0.277. The van der Waals surface area contributed by atoms with Gasteiger partial charge in [0.2, 0.25) is 9.84 Å². The smallest absolute Gasteiger partial charge is 0.253 e. The predicted octanol–water partition coefficient (Wildman–Crippen LogP) is 3.12. The Morgan fingerprint density at radius 1 is 0.553 bits per heavy atom. The monoisotopic (exact) mass is 664 g/mol. The molecule has 0 saturated heterocycles. The average Bonchev–Trinajstić information content (AvgIpc) is 3.52.